The molecule has 0 bridgehead atoms. The van der Waals surface area contributed by atoms with E-state index in [9.17, 15) is 14.4 Å². The first-order chi connectivity index (χ1) is 9.68. The van der Waals surface area contributed by atoms with Gasteiger partial charge in [-0.25, -0.2) is 0 Å². The van der Waals surface area contributed by atoms with E-state index in [1.165, 1.54) is 4.90 Å². The number of carbonyl (C=O) groups excluding carboxylic acids is 3. The van der Waals surface area contributed by atoms with Gasteiger partial charge in [-0.3, -0.25) is 19.3 Å². The molecule has 2 heterocycles. The Labute approximate surface area is 126 Å². The van der Waals surface area contributed by atoms with Crippen LogP contribution in [0.5, 0.6) is 0 Å². The van der Waals surface area contributed by atoms with E-state index in [4.69, 9.17) is 0 Å². The molecule has 5 nitrogen and oxygen atoms in total. The van der Waals surface area contributed by atoms with E-state index in [1.807, 2.05) is 38.7 Å². The second kappa shape index (κ2) is 6.70. The molecule has 5 heteroatoms. The fourth-order valence-corrected chi connectivity index (χ4v) is 2.16. The molecule has 2 aliphatic heterocycles. The van der Waals surface area contributed by atoms with E-state index in [0.717, 1.165) is 6.54 Å². The van der Waals surface area contributed by atoms with Crippen molar-refractivity contribution in [3.63, 3.8) is 0 Å². The predicted octanol–water partition coefficient (Wildman–Crippen LogP) is 1.89. The first kappa shape index (κ1) is 17.1. The maximum absolute atomic E-state index is 11.4. The summed E-state index contributed by atoms with van der Waals surface area (Å²) in [5, 5.41) is 0. The molecule has 116 valence electrons. The van der Waals surface area contributed by atoms with Crippen molar-refractivity contribution in [2.24, 2.45) is 0 Å². The SMILES string of the molecule is CC(C)N1CC=CC1=O.CC1=C(C)C(=O)N(C(C)C)C1=O. The van der Waals surface area contributed by atoms with Crippen LogP contribution in [0, 0.1) is 0 Å². The second-order valence-electron chi connectivity index (χ2n) is 5.81. The molecule has 2 rings (SSSR count). The van der Waals surface area contributed by atoms with Crippen molar-refractivity contribution in [2.45, 2.75) is 53.6 Å². The highest BCUT2D eigenvalue weighted by Gasteiger charge is 2.34. The fraction of sp³-hybridized carbons (Fsp3) is 0.562. The maximum atomic E-state index is 11.4. The summed E-state index contributed by atoms with van der Waals surface area (Å²) in [6.07, 6.45) is 3.52. The Balaban J connectivity index is 0.000000219. The molecule has 3 amide bonds. The molecule has 0 unspecified atom stereocenters. The molecule has 0 N–H and O–H groups in total. The number of rotatable bonds is 2. The summed E-state index contributed by atoms with van der Waals surface area (Å²) in [5.41, 5.74) is 1.16. The van der Waals surface area contributed by atoms with Crippen LogP contribution in [0.25, 0.3) is 0 Å². The molecule has 0 aromatic heterocycles. The number of carbonyl (C=O) groups is 3. The smallest absolute Gasteiger partial charge is 0.257 e. The quantitative estimate of drug-likeness (QED) is 0.730. The van der Waals surface area contributed by atoms with E-state index < -0.39 is 0 Å². The Kier molecular flexibility index (Phi) is 5.47. The van der Waals surface area contributed by atoms with Crippen molar-refractivity contribution in [3.05, 3.63) is 23.3 Å². The molecule has 0 saturated heterocycles. The predicted molar refractivity (Wildman–Crippen MR) is 81.4 cm³/mol. The second-order valence-corrected chi connectivity index (χ2v) is 5.81. The Morgan fingerprint density at radius 2 is 1.38 bits per heavy atom. The van der Waals surface area contributed by atoms with Crippen LogP contribution >= 0.6 is 0 Å². The lowest BCUT2D eigenvalue weighted by Crippen LogP contribution is -2.37. The number of nitrogens with zero attached hydrogens (tertiary/aromatic N) is 2. The van der Waals surface area contributed by atoms with Gasteiger partial charge in [0.1, 0.15) is 0 Å². The largest absolute Gasteiger partial charge is 0.333 e. The first-order valence-corrected chi connectivity index (χ1v) is 7.21. The summed E-state index contributed by atoms with van der Waals surface area (Å²) in [4.78, 5) is 36.8. The standard InChI is InChI=1S/C9H13NO2.C7H11NO/c1-5(2)10-8(11)6(3)7(4)9(10)12;1-6(2)8-5-3-4-7(8)9/h5H,1-4H3;3-4,6H,5H2,1-2H3. The van der Waals surface area contributed by atoms with Crippen LogP contribution in [0.1, 0.15) is 41.5 Å². The topological polar surface area (TPSA) is 57.7 Å². The molecule has 0 atom stereocenters. The van der Waals surface area contributed by atoms with Gasteiger partial charge in [-0.05, 0) is 41.5 Å². The molecule has 0 aromatic rings. The van der Waals surface area contributed by atoms with Crippen LogP contribution in [-0.2, 0) is 14.4 Å². The zero-order chi connectivity index (χ0) is 16.3. The lowest BCUT2D eigenvalue weighted by Gasteiger charge is -2.19. The van der Waals surface area contributed by atoms with Crippen molar-refractivity contribution in [1.29, 1.82) is 0 Å². The number of amides is 3. The van der Waals surface area contributed by atoms with Gasteiger partial charge in [0.2, 0.25) is 5.91 Å². The lowest BCUT2D eigenvalue weighted by atomic mass is 10.2. The van der Waals surface area contributed by atoms with E-state index in [0.29, 0.717) is 17.2 Å². The van der Waals surface area contributed by atoms with Crippen LogP contribution in [-0.4, -0.2) is 46.1 Å². The van der Waals surface area contributed by atoms with Crippen molar-refractivity contribution in [2.75, 3.05) is 6.54 Å². The summed E-state index contributed by atoms with van der Waals surface area (Å²) >= 11 is 0. The molecule has 0 spiro atoms. The highest BCUT2D eigenvalue weighted by atomic mass is 16.2. The van der Waals surface area contributed by atoms with Gasteiger partial charge in [0.15, 0.2) is 0 Å². The minimum absolute atomic E-state index is 0.0441. The third-order valence-electron chi connectivity index (χ3n) is 3.63. The maximum Gasteiger partial charge on any atom is 0.257 e. The van der Waals surface area contributed by atoms with Gasteiger partial charge in [-0.15, -0.1) is 0 Å². The monoisotopic (exact) mass is 292 g/mol. The molecule has 0 fully saturated rings. The third-order valence-corrected chi connectivity index (χ3v) is 3.63. The van der Waals surface area contributed by atoms with Gasteiger partial charge in [-0.1, -0.05) is 6.08 Å². The van der Waals surface area contributed by atoms with E-state index in [-0.39, 0.29) is 23.8 Å². The molecule has 2 aliphatic rings. The minimum atomic E-state index is -0.146. The van der Waals surface area contributed by atoms with Crippen molar-refractivity contribution in [1.82, 2.24) is 9.80 Å². The van der Waals surface area contributed by atoms with E-state index in [2.05, 4.69) is 0 Å². The molecule has 0 saturated carbocycles. The van der Waals surface area contributed by atoms with Crippen molar-refractivity contribution < 1.29 is 14.4 Å². The number of hydrogen-bond donors (Lipinski definition) is 0. The van der Waals surface area contributed by atoms with Gasteiger partial charge < -0.3 is 4.90 Å². The van der Waals surface area contributed by atoms with Crippen LogP contribution in [0.4, 0.5) is 0 Å². The Morgan fingerprint density at radius 1 is 0.905 bits per heavy atom. The number of hydrogen-bond acceptors (Lipinski definition) is 3. The van der Waals surface area contributed by atoms with Gasteiger partial charge in [0.25, 0.3) is 11.8 Å². The summed E-state index contributed by atoms with van der Waals surface area (Å²) < 4.78 is 0. The van der Waals surface area contributed by atoms with Gasteiger partial charge in [0.05, 0.1) is 0 Å². The Morgan fingerprint density at radius 3 is 1.57 bits per heavy atom. The summed E-state index contributed by atoms with van der Waals surface area (Å²) in [5.74, 6) is -0.148. The van der Waals surface area contributed by atoms with E-state index in [1.54, 1.807) is 19.9 Å². The van der Waals surface area contributed by atoms with Crippen LogP contribution in [0.15, 0.2) is 23.3 Å². The van der Waals surface area contributed by atoms with Crippen molar-refractivity contribution >= 4 is 17.7 Å². The molecule has 0 aromatic carbocycles. The number of imide groups is 1. The van der Waals surface area contributed by atoms with Gasteiger partial charge >= 0.3 is 0 Å². The summed E-state index contributed by atoms with van der Waals surface area (Å²) in [6, 6.07) is 0.296. The van der Waals surface area contributed by atoms with Crippen LogP contribution < -0.4 is 0 Å². The highest BCUT2D eigenvalue weighted by Crippen LogP contribution is 2.21. The lowest BCUT2D eigenvalue weighted by molar-refractivity contribution is -0.139. The van der Waals surface area contributed by atoms with Crippen molar-refractivity contribution in [3.8, 4) is 0 Å². The van der Waals surface area contributed by atoms with Gasteiger partial charge in [-0.2, -0.15) is 0 Å². The molecular formula is C16H24N2O3. The average Bonchev–Trinajstić information content (AvgIpc) is 2.90. The fourth-order valence-electron chi connectivity index (χ4n) is 2.16. The van der Waals surface area contributed by atoms with Gasteiger partial charge in [0, 0.05) is 35.9 Å². The van der Waals surface area contributed by atoms with E-state index >= 15 is 0 Å². The average molecular weight is 292 g/mol. The third kappa shape index (κ3) is 3.60. The summed E-state index contributed by atoms with van der Waals surface area (Å²) in [6.45, 7) is 11.9. The highest BCUT2D eigenvalue weighted by molar-refractivity contribution is 6.18. The van der Waals surface area contributed by atoms with Crippen LogP contribution in [0.3, 0.4) is 0 Å². The summed E-state index contributed by atoms with van der Waals surface area (Å²) in [7, 11) is 0. The molecule has 21 heavy (non-hydrogen) atoms. The molecule has 0 radical (unpaired) electrons. The Hall–Kier alpha value is -1.91. The Bertz CT molecular complexity index is 492. The molecule has 0 aliphatic carbocycles. The normalized spacial score (nSPS) is 18.4. The zero-order valence-electron chi connectivity index (χ0n) is 13.6. The van der Waals surface area contributed by atoms with Crippen LogP contribution in [0.2, 0.25) is 0 Å². The zero-order valence-corrected chi connectivity index (χ0v) is 13.6. The first-order valence-electron chi connectivity index (χ1n) is 7.21. The minimum Gasteiger partial charge on any atom is -0.333 e. The molecular weight excluding hydrogens is 268 g/mol.